The number of hydrogen-bond donors (Lipinski definition) is 2. The maximum Gasteiger partial charge on any atom is 0.0856 e. The molecule has 1 aromatic carbocycles. The quantitative estimate of drug-likeness (QED) is 0.592. The molecule has 0 fully saturated rings. The molecule has 0 saturated heterocycles. The van der Waals surface area contributed by atoms with E-state index in [1.807, 2.05) is 37.3 Å². The van der Waals surface area contributed by atoms with Gasteiger partial charge in [-0.1, -0.05) is 31.2 Å². The minimum Gasteiger partial charge on any atom is -0.398 e. The van der Waals surface area contributed by atoms with Crippen molar-refractivity contribution in [2.45, 2.75) is 13.0 Å². The Bertz CT molecular complexity index is 357. The number of aliphatic hydroxyl groups excluding tert-OH is 1. The second-order valence-electron chi connectivity index (χ2n) is 3.51. The molecule has 1 aliphatic carbocycles. The second-order valence-corrected chi connectivity index (χ2v) is 3.51. The zero-order valence-electron chi connectivity index (χ0n) is 7.57. The van der Waals surface area contributed by atoms with Gasteiger partial charge in [-0.25, -0.2) is 0 Å². The maximum atomic E-state index is 9.85. The summed E-state index contributed by atoms with van der Waals surface area (Å²) in [6, 6.07) is 5.66. The van der Waals surface area contributed by atoms with Gasteiger partial charge >= 0.3 is 0 Å². The summed E-state index contributed by atoms with van der Waals surface area (Å²) in [6.45, 7) is 1.99. The standard InChI is InChI=1S/C11H13NO/c1-7-5-6-8-9(11(7)13)3-2-4-10(8)12/h2-7,11,13H,12H2,1H3/t7-,11+/m1/s1. The van der Waals surface area contributed by atoms with Crippen molar-refractivity contribution in [3.63, 3.8) is 0 Å². The van der Waals surface area contributed by atoms with Crippen LogP contribution in [0.3, 0.4) is 0 Å². The molecule has 0 aromatic heterocycles. The number of anilines is 1. The van der Waals surface area contributed by atoms with Gasteiger partial charge in [0.2, 0.25) is 0 Å². The van der Waals surface area contributed by atoms with Crippen molar-refractivity contribution in [3.8, 4) is 0 Å². The van der Waals surface area contributed by atoms with E-state index >= 15 is 0 Å². The van der Waals surface area contributed by atoms with Crippen molar-refractivity contribution < 1.29 is 5.11 Å². The molecule has 1 aliphatic rings. The van der Waals surface area contributed by atoms with Gasteiger partial charge in [-0.2, -0.15) is 0 Å². The molecule has 2 rings (SSSR count). The molecule has 2 nitrogen and oxygen atoms in total. The van der Waals surface area contributed by atoms with Gasteiger partial charge in [-0.05, 0) is 11.6 Å². The van der Waals surface area contributed by atoms with Crippen molar-refractivity contribution in [3.05, 3.63) is 35.4 Å². The number of aliphatic hydroxyl groups is 1. The van der Waals surface area contributed by atoms with Crippen LogP contribution in [0.15, 0.2) is 24.3 Å². The summed E-state index contributed by atoms with van der Waals surface area (Å²) in [7, 11) is 0. The summed E-state index contributed by atoms with van der Waals surface area (Å²) in [4.78, 5) is 0. The Balaban J connectivity index is 2.58. The number of hydrogen-bond acceptors (Lipinski definition) is 2. The highest BCUT2D eigenvalue weighted by Gasteiger charge is 2.21. The average molecular weight is 175 g/mol. The van der Waals surface area contributed by atoms with E-state index in [-0.39, 0.29) is 5.92 Å². The van der Waals surface area contributed by atoms with E-state index in [0.717, 1.165) is 16.8 Å². The number of fused-ring (bicyclic) bond motifs is 1. The summed E-state index contributed by atoms with van der Waals surface area (Å²) in [5.74, 6) is 0.175. The van der Waals surface area contributed by atoms with E-state index < -0.39 is 6.10 Å². The molecular formula is C11H13NO. The lowest BCUT2D eigenvalue weighted by atomic mass is 9.87. The molecule has 0 spiro atoms. The SMILES string of the molecule is C[C@@H]1C=Cc2c(N)cccc2[C@H]1O. The van der Waals surface area contributed by atoms with Gasteiger partial charge in [0.1, 0.15) is 0 Å². The van der Waals surface area contributed by atoms with Gasteiger partial charge in [0, 0.05) is 17.2 Å². The lowest BCUT2D eigenvalue weighted by Crippen LogP contribution is -2.12. The van der Waals surface area contributed by atoms with Crippen LogP contribution in [0.4, 0.5) is 5.69 Å². The van der Waals surface area contributed by atoms with Gasteiger partial charge < -0.3 is 10.8 Å². The van der Waals surface area contributed by atoms with E-state index in [1.165, 1.54) is 0 Å². The third-order valence-corrected chi connectivity index (χ3v) is 2.56. The molecule has 0 unspecified atom stereocenters. The van der Waals surface area contributed by atoms with Crippen LogP contribution >= 0.6 is 0 Å². The summed E-state index contributed by atoms with van der Waals surface area (Å²) >= 11 is 0. The molecule has 3 N–H and O–H groups in total. The summed E-state index contributed by atoms with van der Waals surface area (Å²) in [5, 5.41) is 9.85. The first-order valence-electron chi connectivity index (χ1n) is 4.45. The predicted octanol–water partition coefficient (Wildman–Crippen LogP) is 1.97. The molecule has 2 atom stereocenters. The highest BCUT2D eigenvalue weighted by molar-refractivity contribution is 5.69. The van der Waals surface area contributed by atoms with E-state index in [1.54, 1.807) is 0 Å². The Morgan fingerprint density at radius 1 is 1.38 bits per heavy atom. The average Bonchev–Trinajstić information content (AvgIpc) is 2.12. The zero-order chi connectivity index (χ0) is 9.42. The lowest BCUT2D eigenvalue weighted by Gasteiger charge is -2.23. The van der Waals surface area contributed by atoms with Crippen molar-refractivity contribution in [2.75, 3.05) is 5.73 Å². The molecule has 0 saturated carbocycles. The van der Waals surface area contributed by atoms with E-state index in [0.29, 0.717) is 0 Å². The van der Waals surface area contributed by atoms with Crippen molar-refractivity contribution >= 4 is 11.8 Å². The van der Waals surface area contributed by atoms with Crippen LogP contribution in [0.5, 0.6) is 0 Å². The zero-order valence-corrected chi connectivity index (χ0v) is 7.57. The van der Waals surface area contributed by atoms with Crippen LogP contribution in [0.1, 0.15) is 24.2 Å². The van der Waals surface area contributed by atoms with Crippen molar-refractivity contribution in [1.82, 2.24) is 0 Å². The third kappa shape index (κ3) is 1.23. The molecular weight excluding hydrogens is 162 g/mol. The van der Waals surface area contributed by atoms with Gasteiger partial charge in [-0.15, -0.1) is 0 Å². The molecule has 1 aromatic rings. The van der Waals surface area contributed by atoms with Crippen LogP contribution < -0.4 is 5.73 Å². The smallest absolute Gasteiger partial charge is 0.0856 e. The Morgan fingerprint density at radius 2 is 2.15 bits per heavy atom. The number of nitrogens with two attached hydrogens (primary N) is 1. The first-order chi connectivity index (χ1) is 6.20. The summed E-state index contributed by atoms with van der Waals surface area (Å²) in [5.41, 5.74) is 8.43. The molecule has 2 heteroatoms. The summed E-state index contributed by atoms with van der Waals surface area (Å²) < 4.78 is 0. The van der Waals surface area contributed by atoms with Gasteiger partial charge in [0.05, 0.1) is 6.10 Å². The second kappa shape index (κ2) is 2.89. The molecule has 13 heavy (non-hydrogen) atoms. The van der Waals surface area contributed by atoms with E-state index in [2.05, 4.69) is 0 Å². The maximum absolute atomic E-state index is 9.85. The Kier molecular flexibility index (Phi) is 1.85. The first-order valence-corrected chi connectivity index (χ1v) is 4.45. The lowest BCUT2D eigenvalue weighted by molar-refractivity contribution is 0.138. The van der Waals surface area contributed by atoms with E-state index in [9.17, 15) is 5.11 Å². The van der Waals surface area contributed by atoms with Crippen LogP contribution in [0, 0.1) is 5.92 Å². The Morgan fingerprint density at radius 3 is 2.92 bits per heavy atom. The fourth-order valence-electron chi connectivity index (χ4n) is 1.69. The minimum atomic E-state index is -0.413. The Labute approximate surface area is 77.7 Å². The van der Waals surface area contributed by atoms with Gasteiger partial charge in [0.15, 0.2) is 0 Å². The molecule has 68 valence electrons. The predicted molar refractivity (Wildman–Crippen MR) is 54.0 cm³/mol. The molecule has 0 radical (unpaired) electrons. The normalized spacial score (nSPS) is 25.7. The number of benzene rings is 1. The molecule has 0 amide bonds. The van der Waals surface area contributed by atoms with Gasteiger partial charge in [0.25, 0.3) is 0 Å². The van der Waals surface area contributed by atoms with Crippen molar-refractivity contribution in [2.24, 2.45) is 5.92 Å². The van der Waals surface area contributed by atoms with Crippen LogP contribution in [0.25, 0.3) is 6.08 Å². The Hall–Kier alpha value is -1.28. The number of nitrogen functional groups attached to an aromatic ring is 1. The van der Waals surface area contributed by atoms with Crippen LogP contribution in [-0.4, -0.2) is 5.11 Å². The fourth-order valence-corrected chi connectivity index (χ4v) is 1.69. The van der Waals surface area contributed by atoms with Gasteiger partial charge in [-0.3, -0.25) is 0 Å². The number of rotatable bonds is 0. The topological polar surface area (TPSA) is 46.2 Å². The largest absolute Gasteiger partial charge is 0.398 e. The summed E-state index contributed by atoms with van der Waals surface area (Å²) in [6.07, 6.45) is 3.56. The first kappa shape index (κ1) is 8.32. The highest BCUT2D eigenvalue weighted by Crippen LogP contribution is 2.34. The molecule has 0 bridgehead atoms. The highest BCUT2D eigenvalue weighted by atomic mass is 16.3. The monoisotopic (exact) mass is 175 g/mol. The van der Waals surface area contributed by atoms with Crippen LogP contribution in [0.2, 0.25) is 0 Å². The minimum absolute atomic E-state index is 0.175. The fraction of sp³-hybridized carbons (Fsp3) is 0.273. The van der Waals surface area contributed by atoms with Crippen LogP contribution in [-0.2, 0) is 0 Å². The van der Waals surface area contributed by atoms with E-state index in [4.69, 9.17) is 5.73 Å². The molecule has 0 heterocycles. The molecule has 0 aliphatic heterocycles. The third-order valence-electron chi connectivity index (χ3n) is 2.56. The van der Waals surface area contributed by atoms with Crippen molar-refractivity contribution in [1.29, 1.82) is 0 Å².